The molecule has 0 aromatic heterocycles. The molecule has 0 rings (SSSR count). The Bertz CT molecular complexity index is 411. The van der Waals surface area contributed by atoms with Crippen LogP contribution in [-0.4, -0.2) is 53.6 Å². The van der Waals surface area contributed by atoms with E-state index in [2.05, 4.69) is 0 Å². The van der Waals surface area contributed by atoms with Crippen LogP contribution in [0.15, 0.2) is 0 Å². The standard InChI is InChI=1S/C6H12N2O7S3/c7-3(5(9)10)1-16-17(18(13,14)15)2-4(8)6(11)12/h3-4H,1-2,7-8H2,(H2-,9,10,11,12,13,14,15)/t3-,4-,17?/m0/s1. The Kier molecular flexibility index (Phi) is 6.94. The maximum Gasteiger partial charge on any atom is 0.459 e. The third-order valence-electron chi connectivity index (χ3n) is 1.55. The number of carboxylic acids is 2. The molecule has 1 unspecified atom stereocenters. The molecule has 0 aliphatic rings. The minimum absolute atomic E-state index is 0.350. The van der Waals surface area contributed by atoms with Gasteiger partial charge in [0.05, 0.1) is 17.8 Å². The molecule has 0 saturated carbocycles. The van der Waals surface area contributed by atoms with E-state index in [0.717, 1.165) is 0 Å². The molecule has 9 nitrogen and oxygen atoms in total. The van der Waals surface area contributed by atoms with Gasteiger partial charge in [0.15, 0.2) is 11.8 Å². The first-order valence-corrected chi connectivity index (χ1v) is 9.18. The largest absolute Gasteiger partial charge is 0.548 e. The van der Waals surface area contributed by atoms with Crippen molar-refractivity contribution in [2.75, 3.05) is 11.5 Å². The van der Waals surface area contributed by atoms with Crippen molar-refractivity contribution in [1.82, 2.24) is 0 Å². The quantitative estimate of drug-likeness (QED) is 0.199. The van der Waals surface area contributed by atoms with Gasteiger partial charge in [-0.1, -0.05) is 0 Å². The molecule has 0 bridgehead atoms. The Hall–Kier alpha value is -0.530. The van der Waals surface area contributed by atoms with Gasteiger partial charge in [0, 0.05) is 0 Å². The van der Waals surface area contributed by atoms with E-state index in [0.29, 0.717) is 10.8 Å². The highest BCUT2D eigenvalue weighted by atomic mass is 33.5. The van der Waals surface area contributed by atoms with Crippen LogP contribution in [0.25, 0.3) is 0 Å². The van der Waals surface area contributed by atoms with Gasteiger partial charge in [0.2, 0.25) is 8.96 Å². The number of carboxylic acid groups (broad SMARTS) is 2. The van der Waals surface area contributed by atoms with E-state index in [1.807, 2.05) is 0 Å². The lowest BCUT2D eigenvalue weighted by Gasteiger charge is -2.11. The molecule has 0 radical (unpaired) electrons. The number of aliphatic carboxylic acids is 2. The van der Waals surface area contributed by atoms with Crippen LogP contribution in [-0.2, 0) is 27.7 Å². The molecule has 0 fully saturated rings. The minimum atomic E-state index is -4.54. The summed E-state index contributed by atoms with van der Waals surface area (Å²) in [5, 5.41) is 18.8. The van der Waals surface area contributed by atoms with Gasteiger partial charge in [0.1, 0.15) is 10.8 Å². The Morgan fingerprint density at radius 1 is 1.33 bits per heavy atom. The average molecular weight is 320 g/mol. The normalized spacial score (nSPS) is 16.8. The second-order valence-corrected chi connectivity index (χ2v) is 10.4. The van der Waals surface area contributed by atoms with E-state index in [9.17, 15) is 23.1 Å². The van der Waals surface area contributed by atoms with E-state index in [1.165, 1.54) is 0 Å². The summed E-state index contributed by atoms with van der Waals surface area (Å²) in [6.07, 6.45) is 0. The maximum atomic E-state index is 11.0. The summed E-state index contributed by atoms with van der Waals surface area (Å²) in [6.45, 7) is 0. The second-order valence-electron chi connectivity index (χ2n) is 3.05. The van der Waals surface area contributed by atoms with Gasteiger partial charge < -0.3 is 26.5 Å². The number of hydrogen-bond donors (Lipinski definition) is 4. The maximum absolute atomic E-state index is 11.0. The average Bonchev–Trinajstić information content (AvgIpc) is 2.20. The summed E-state index contributed by atoms with van der Waals surface area (Å²) in [5.74, 6) is -3.90. The highest BCUT2D eigenvalue weighted by Gasteiger charge is 2.40. The first-order chi connectivity index (χ1) is 8.05. The highest BCUT2D eigenvalue weighted by molar-refractivity contribution is 9.03. The first kappa shape index (κ1) is 17.5. The van der Waals surface area contributed by atoms with Gasteiger partial charge in [-0.05, 0) is 0 Å². The van der Waals surface area contributed by atoms with Crippen molar-refractivity contribution in [2.24, 2.45) is 11.5 Å². The van der Waals surface area contributed by atoms with Crippen molar-refractivity contribution < 1.29 is 32.8 Å². The van der Waals surface area contributed by atoms with Crippen molar-refractivity contribution >= 4 is 40.8 Å². The topological polar surface area (TPSA) is 184 Å². The molecular formula is C6H12N2O7S3. The fourth-order valence-corrected chi connectivity index (χ4v) is 6.43. The highest BCUT2D eigenvalue weighted by Crippen LogP contribution is 2.23. The lowest BCUT2D eigenvalue weighted by atomic mass is 10.4. The van der Waals surface area contributed by atoms with Crippen LogP contribution < -0.4 is 16.6 Å². The van der Waals surface area contributed by atoms with E-state index in [4.69, 9.17) is 21.1 Å². The molecule has 3 atom stereocenters. The molecule has 0 heterocycles. The zero-order valence-electron chi connectivity index (χ0n) is 8.88. The molecule has 0 saturated heterocycles. The van der Waals surface area contributed by atoms with Gasteiger partial charge >= 0.3 is 15.1 Å². The Morgan fingerprint density at radius 2 is 1.83 bits per heavy atom. The van der Waals surface area contributed by atoms with Crippen LogP contribution in [0.4, 0.5) is 0 Å². The van der Waals surface area contributed by atoms with Gasteiger partial charge in [0.25, 0.3) is 0 Å². The molecule has 0 aromatic rings. The Morgan fingerprint density at radius 3 is 2.17 bits per heavy atom. The molecule has 0 amide bonds. The van der Waals surface area contributed by atoms with Crippen LogP contribution in [0, 0.1) is 0 Å². The Balaban J connectivity index is 4.63. The molecule has 18 heavy (non-hydrogen) atoms. The van der Waals surface area contributed by atoms with Crippen LogP contribution in [0.2, 0.25) is 0 Å². The zero-order valence-corrected chi connectivity index (χ0v) is 11.3. The third-order valence-corrected chi connectivity index (χ3v) is 9.25. The number of rotatable bonds is 8. The molecule has 0 aromatic carbocycles. The van der Waals surface area contributed by atoms with Crippen molar-refractivity contribution in [1.29, 1.82) is 0 Å². The van der Waals surface area contributed by atoms with Gasteiger partial charge in [-0.25, -0.2) is 4.55 Å². The molecular weight excluding hydrogens is 308 g/mol. The molecule has 6 N–H and O–H groups in total. The first-order valence-electron chi connectivity index (χ1n) is 4.32. The number of carbonyl (C=O) groups excluding carboxylic acids is 1. The molecule has 12 heteroatoms. The van der Waals surface area contributed by atoms with Gasteiger partial charge in [-0.2, -0.15) is 0 Å². The van der Waals surface area contributed by atoms with Crippen molar-refractivity contribution in [3.05, 3.63) is 0 Å². The summed E-state index contributed by atoms with van der Waals surface area (Å²) >= 11 is 0. The number of nitrogens with two attached hydrogens (primary N) is 2. The van der Waals surface area contributed by atoms with E-state index in [1.54, 1.807) is 0 Å². The molecule has 0 spiro atoms. The summed E-state index contributed by atoms with van der Waals surface area (Å²) in [6, 6.07) is -2.91. The van der Waals surface area contributed by atoms with E-state index in [-0.39, 0.29) is 5.75 Å². The van der Waals surface area contributed by atoms with Crippen molar-refractivity contribution in [3.63, 3.8) is 0 Å². The fraction of sp³-hybridized carbons (Fsp3) is 0.667. The molecule has 0 aliphatic heterocycles. The lowest BCUT2D eigenvalue weighted by Crippen LogP contribution is -2.44. The monoisotopic (exact) mass is 320 g/mol. The van der Waals surface area contributed by atoms with Crippen molar-refractivity contribution in [2.45, 2.75) is 12.1 Å². The van der Waals surface area contributed by atoms with Crippen LogP contribution in [0.5, 0.6) is 0 Å². The van der Waals surface area contributed by atoms with E-state index < -0.39 is 47.9 Å². The third kappa shape index (κ3) is 6.42. The number of hydrogen-bond acceptors (Lipinski definition) is 8. The van der Waals surface area contributed by atoms with Gasteiger partial charge in [-0.3, -0.25) is 4.79 Å². The van der Waals surface area contributed by atoms with Crippen LogP contribution in [0.1, 0.15) is 0 Å². The lowest BCUT2D eigenvalue weighted by molar-refractivity contribution is -0.306. The molecule has 106 valence electrons. The number of carbonyl (C=O) groups is 2. The predicted octanol–water partition coefficient (Wildman–Crippen LogP) is -3.46. The summed E-state index contributed by atoms with van der Waals surface area (Å²) in [7, 11) is -5.89. The van der Waals surface area contributed by atoms with Crippen LogP contribution >= 0.6 is 10.8 Å². The van der Waals surface area contributed by atoms with E-state index >= 15 is 0 Å². The van der Waals surface area contributed by atoms with Crippen molar-refractivity contribution in [3.8, 4) is 0 Å². The SMILES string of the molecule is N[C@@H](CS[S+](C[C@H](N)C(=O)O)S(=O)(=O)O)C(=O)[O-]. The fourth-order valence-electron chi connectivity index (χ4n) is 0.630. The van der Waals surface area contributed by atoms with Gasteiger partial charge in [-0.15, -0.1) is 8.42 Å². The minimum Gasteiger partial charge on any atom is -0.548 e. The second kappa shape index (κ2) is 7.16. The summed E-state index contributed by atoms with van der Waals surface area (Å²) < 4.78 is 30.8. The van der Waals surface area contributed by atoms with Crippen LogP contribution in [0.3, 0.4) is 0 Å². The smallest absolute Gasteiger partial charge is 0.459 e. The predicted molar refractivity (Wildman–Crippen MR) is 64.8 cm³/mol. The Labute approximate surface area is 109 Å². The summed E-state index contributed by atoms with van der Waals surface area (Å²) in [4.78, 5) is 20.8. The zero-order chi connectivity index (χ0) is 14.5. The summed E-state index contributed by atoms with van der Waals surface area (Å²) in [5.41, 5.74) is 10.2. The molecule has 0 aliphatic carbocycles.